The third-order valence-electron chi connectivity index (χ3n) is 2.23. The molecule has 1 heterocycles. The molecule has 2 aromatic rings. The molecule has 14 heavy (non-hydrogen) atoms. The van der Waals surface area contributed by atoms with Gasteiger partial charge in [-0.3, -0.25) is 0 Å². The van der Waals surface area contributed by atoms with Gasteiger partial charge in [0.05, 0.1) is 17.4 Å². The molecule has 2 nitrogen and oxygen atoms in total. The molecule has 0 saturated heterocycles. The first-order valence-electron chi connectivity index (χ1n) is 4.61. The van der Waals surface area contributed by atoms with E-state index in [1.165, 1.54) is 0 Å². The fourth-order valence-corrected chi connectivity index (χ4v) is 2.99. The normalized spacial score (nSPS) is 12.3. The summed E-state index contributed by atoms with van der Waals surface area (Å²) >= 11 is 5.97. The van der Waals surface area contributed by atoms with Gasteiger partial charge in [-0.2, -0.15) is 0 Å². The molecule has 0 aliphatic heterocycles. The fourth-order valence-electron chi connectivity index (χ4n) is 1.52. The Bertz CT molecular complexity index is 470. The van der Waals surface area contributed by atoms with E-state index in [-0.39, 0.29) is 0 Å². The van der Waals surface area contributed by atoms with Crippen LogP contribution in [0.2, 0.25) is 24.7 Å². The van der Waals surface area contributed by atoms with Crippen LogP contribution in [0.1, 0.15) is 0 Å². The summed E-state index contributed by atoms with van der Waals surface area (Å²) in [4.78, 5) is 4.37. The van der Waals surface area contributed by atoms with Crippen LogP contribution in [0.15, 0.2) is 24.5 Å². The first kappa shape index (κ1) is 9.74. The standard InChI is InChI=1S/C10H13ClN2Si/c1-14(2,3)13-7-12-9-5-4-8(11)6-10(9)13/h4-7H,1-3H3. The monoisotopic (exact) mass is 224 g/mol. The zero-order valence-corrected chi connectivity index (χ0v) is 10.3. The van der Waals surface area contributed by atoms with E-state index in [9.17, 15) is 0 Å². The molecule has 2 rings (SSSR count). The molecule has 0 bridgehead atoms. The number of imidazole rings is 1. The molecule has 0 fully saturated rings. The Hall–Kier alpha value is -0.803. The summed E-state index contributed by atoms with van der Waals surface area (Å²) in [5, 5.41) is 0.775. The topological polar surface area (TPSA) is 17.8 Å². The summed E-state index contributed by atoms with van der Waals surface area (Å²) in [6.07, 6.45) is 1.92. The van der Waals surface area contributed by atoms with Crippen molar-refractivity contribution in [3.8, 4) is 0 Å². The lowest BCUT2D eigenvalue weighted by Crippen LogP contribution is -2.30. The maximum absolute atomic E-state index is 5.97. The molecule has 0 atom stereocenters. The zero-order valence-electron chi connectivity index (χ0n) is 8.58. The van der Waals surface area contributed by atoms with Gasteiger partial charge in [0.15, 0.2) is 8.24 Å². The zero-order chi connectivity index (χ0) is 10.3. The number of aromatic nitrogens is 2. The highest BCUT2D eigenvalue weighted by molar-refractivity contribution is 6.75. The van der Waals surface area contributed by atoms with Gasteiger partial charge in [0.1, 0.15) is 0 Å². The number of rotatable bonds is 1. The third kappa shape index (κ3) is 1.57. The molecule has 0 unspecified atom stereocenters. The van der Waals surface area contributed by atoms with Gasteiger partial charge in [-0.15, -0.1) is 0 Å². The van der Waals surface area contributed by atoms with Gasteiger partial charge in [-0.05, 0) is 18.2 Å². The second kappa shape index (κ2) is 3.10. The second-order valence-electron chi connectivity index (χ2n) is 4.42. The molecule has 0 radical (unpaired) electrons. The van der Waals surface area contributed by atoms with E-state index in [2.05, 4.69) is 28.9 Å². The summed E-state index contributed by atoms with van der Waals surface area (Å²) in [6, 6.07) is 5.84. The van der Waals surface area contributed by atoms with Gasteiger partial charge in [0.25, 0.3) is 0 Å². The highest BCUT2D eigenvalue weighted by atomic mass is 35.5. The van der Waals surface area contributed by atoms with Crippen molar-refractivity contribution in [2.45, 2.75) is 19.6 Å². The Kier molecular flexibility index (Phi) is 2.16. The van der Waals surface area contributed by atoms with Crippen LogP contribution in [0.5, 0.6) is 0 Å². The molecule has 74 valence electrons. The molecular formula is C10H13ClN2Si. The lowest BCUT2D eigenvalue weighted by atomic mass is 10.3. The summed E-state index contributed by atoms with van der Waals surface area (Å²) in [5.41, 5.74) is 2.17. The summed E-state index contributed by atoms with van der Waals surface area (Å²) in [6.45, 7) is 6.86. The van der Waals surface area contributed by atoms with Crippen LogP contribution < -0.4 is 0 Å². The van der Waals surface area contributed by atoms with Crippen molar-refractivity contribution < 1.29 is 0 Å². The Morgan fingerprint density at radius 1 is 1.29 bits per heavy atom. The summed E-state index contributed by atoms with van der Waals surface area (Å²) < 4.78 is 2.27. The number of hydrogen-bond acceptors (Lipinski definition) is 1. The van der Waals surface area contributed by atoms with Crippen molar-refractivity contribution in [1.82, 2.24) is 9.22 Å². The van der Waals surface area contributed by atoms with E-state index in [1.54, 1.807) is 0 Å². The van der Waals surface area contributed by atoms with E-state index in [0.717, 1.165) is 16.1 Å². The van der Waals surface area contributed by atoms with E-state index >= 15 is 0 Å². The Balaban J connectivity index is 2.73. The number of halogens is 1. The predicted molar refractivity (Wildman–Crippen MR) is 63.5 cm³/mol. The molecule has 4 heteroatoms. The smallest absolute Gasteiger partial charge is 0.154 e. The van der Waals surface area contributed by atoms with Crippen LogP contribution in [-0.4, -0.2) is 17.5 Å². The highest BCUT2D eigenvalue weighted by Gasteiger charge is 2.18. The molecule has 0 N–H and O–H groups in total. The minimum absolute atomic E-state index is 0.775. The average Bonchev–Trinajstić information content (AvgIpc) is 2.45. The van der Waals surface area contributed by atoms with Gasteiger partial charge < -0.3 is 4.23 Å². The lowest BCUT2D eigenvalue weighted by Gasteiger charge is -2.18. The number of hydrogen-bond donors (Lipinski definition) is 0. The molecule has 1 aromatic carbocycles. The minimum Gasteiger partial charge on any atom is -0.359 e. The largest absolute Gasteiger partial charge is 0.359 e. The maximum Gasteiger partial charge on any atom is 0.154 e. The van der Waals surface area contributed by atoms with Crippen molar-refractivity contribution in [3.63, 3.8) is 0 Å². The van der Waals surface area contributed by atoms with Crippen LogP contribution >= 0.6 is 11.6 Å². The van der Waals surface area contributed by atoms with Crippen molar-refractivity contribution >= 4 is 30.9 Å². The van der Waals surface area contributed by atoms with E-state index in [1.807, 2.05) is 24.5 Å². The molecular weight excluding hydrogens is 212 g/mol. The van der Waals surface area contributed by atoms with Crippen LogP contribution in [0.25, 0.3) is 11.0 Å². The second-order valence-corrected chi connectivity index (χ2v) is 9.68. The first-order valence-corrected chi connectivity index (χ1v) is 8.44. The van der Waals surface area contributed by atoms with Gasteiger partial charge in [0.2, 0.25) is 0 Å². The van der Waals surface area contributed by atoms with E-state index < -0.39 is 8.24 Å². The summed E-state index contributed by atoms with van der Waals surface area (Å²) in [7, 11) is -1.37. The number of nitrogens with zero attached hydrogens (tertiary/aromatic N) is 2. The predicted octanol–water partition coefficient (Wildman–Crippen LogP) is 3.37. The van der Waals surface area contributed by atoms with Crippen LogP contribution in [-0.2, 0) is 0 Å². The number of benzene rings is 1. The molecule has 0 amide bonds. The lowest BCUT2D eigenvalue weighted by molar-refractivity contribution is 1.16. The van der Waals surface area contributed by atoms with Gasteiger partial charge in [-0.1, -0.05) is 31.2 Å². The van der Waals surface area contributed by atoms with Gasteiger partial charge >= 0.3 is 0 Å². The third-order valence-corrected chi connectivity index (χ3v) is 4.27. The SMILES string of the molecule is C[Si](C)(C)n1cnc2ccc(Cl)cc21. The Labute approximate surface area is 89.6 Å². The van der Waals surface area contributed by atoms with E-state index in [4.69, 9.17) is 11.6 Å². The van der Waals surface area contributed by atoms with Crippen LogP contribution in [0.4, 0.5) is 0 Å². The number of fused-ring (bicyclic) bond motifs is 1. The molecule has 0 saturated carbocycles. The fraction of sp³-hybridized carbons (Fsp3) is 0.300. The quantitative estimate of drug-likeness (QED) is 0.680. The Morgan fingerprint density at radius 3 is 2.64 bits per heavy atom. The summed E-state index contributed by atoms with van der Waals surface area (Å²) in [5.74, 6) is 0. The minimum atomic E-state index is -1.37. The Morgan fingerprint density at radius 2 is 2.00 bits per heavy atom. The van der Waals surface area contributed by atoms with E-state index in [0.29, 0.717) is 0 Å². The van der Waals surface area contributed by atoms with Crippen LogP contribution in [0, 0.1) is 0 Å². The first-order chi connectivity index (χ1) is 6.48. The molecule has 1 aromatic heterocycles. The van der Waals surface area contributed by atoms with Crippen molar-refractivity contribution in [2.24, 2.45) is 0 Å². The van der Waals surface area contributed by atoms with Crippen molar-refractivity contribution in [3.05, 3.63) is 29.5 Å². The maximum atomic E-state index is 5.97. The van der Waals surface area contributed by atoms with Crippen LogP contribution in [0.3, 0.4) is 0 Å². The molecule has 0 aliphatic carbocycles. The highest BCUT2D eigenvalue weighted by Crippen LogP contribution is 2.21. The average molecular weight is 225 g/mol. The van der Waals surface area contributed by atoms with Crippen molar-refractivity contribution in [2.75, 3.05) is 0 Å². The molecule has 0 aliphatic rings. The van der Waals surface area contributed by atoms with Crippen molar-refractivity contribution in [1.29, 1.82) is 0 Å². The van der Waals surface area contributed by atoms with Gasteiger partial charge in [-0.25, -0.2) is 4.98 Å². The van der Waals surface area contributed by atoms with Gasteiger partial charge in [0, 0.05) is 5.02 Å². The molecule has 0 spiro atoms.